The molecule has 1 amide bonds. The van der Waals surface area contributed by atoms with Crippen LogP contribution in [0.2, 0.25) is 0 Å². The Morgan fingerprint density at radius 2 is 2.23 bits per heavy atom. The molecule has 4 heteroatoms. The lowest BCUT2D eigenvalue weighted by Crippen LogP contribution is -2.43. The Morgan fingerprint density at radius 3 is 2.62 bits per heavy atom. The summed E-state index contributed by atoms with van der Waals surface area (Å²) in [6.07, 6.45) is 2.06. The third kappa shape index (κ3) is 3.32. The highest BCUT2D eigenvalue weighted by molar-refractivity contribution is 5.80. The van der Waals surface area contributed by atoms with Crippen LogP contribution in [0.15, 0.2) is 0 Å². The van der Waals surface area contributed by atoms with Gasteiger partial charge in [-0.25, -0.2) is 5.84 Å². The van der Waals surface area contributed by atoms with Gasteiger partial charge in [0.1, 0.15) is 6.10 Å². The molecule has 0 radical (unpaired) electrons. The molecule has 0 spiro atoms. The molecule has 1 rings (SSSR count). The molecule has 0 aromatic rings. The van der Waals surface area contributed by atoms with Gasteiger partial charge in [0, 0.05) is 0 Å². The average molecular weight is 186 g/mol. The molecule has 0 aromatic carbocycles. The zero-order valence-electron chi connectivity index (χ0n) is 8.25. The summed E-state index contributed by atoms with van der Waals surface area (Å²) in [6, 6.07) is 0. The lowest BCUT2D eigenvalue weighted by molar-refractivity contribution is -0.136. The SMILES string of the molecule is CC(C)C(OCC1CC1)C(=O)NN. The number of carbonyl (C=O) groups excluding carboxylic acids is 1. The van der Waals surface area contributed by atoms with Gasteiger partial charge in [-0.1, -0.05) is 13.8 Å². The quantitative estimate of drug-likeness (QED) is 0.372. The van der Waals surface area contributed by atoms with Crippen LogP contribution < -0.4 is 11.3 Å². The van der Waals surface area contributed by atoms with Crippen LogP contribution in [0.25, 0.3) is 0 Å². The average Bonchev–Trinajstić information content (AvgIpc) is 2.87. The molecule has 1 aliphatic carbocycles. The number of hydrogen-bond donors (Lipinski definition) is 2. The van der Waals surface area contributed by atoms with Crippen LogP contribution in [-0.4, -0.2) is 18.6 Å². The topological polar surface area (TPSA) is 64.3 Å². The molecule has 76 valence electrons. The zero-order valence-corrected chi connectivity index (χ0v) is 8.25. The first-order valence-corrected chi connectivity index (χ1v) is 4.77. The van der Waals surface area contributed by atoms with Gasteiger partial charge in [-0.15, -0.1) is 0 Å². The molecular weight excluding hydrogens is 168 g/mol. The van der Waals surface area contributed by atoms with Gasteiger partial charge in [0.2, 0.25) is 0 Å². The molecule has 4 nitrogen and oxygen atoms in total. The highest BCUT2D eigenvalue weighted by Gasteiger charge is 2.27. The van der Waals surface area contributed by atoms with E-state index >= 15 is 0 Å². The number of carbonyl (C=O) groups is 1. The second kappa shape index (κ2) is 4.58. The monoisotopic (exact) mass is 186 g/mol. The second-order valence-corrected chi connectivity index (χ2v) is 3.95. The predicted molar refractivity (Wildman–Crippen MR) is 49.6 cm³/mol. The van der Waals surface area contributed by atoms with Crippen molar-refractivity contribution in [1.82, 2.24) is 5.43 Å². The summed E-state index contributed by atoms with van der Waals surface area (Å²) in [5.74, 6) is 5.67. The molecule has 3 N–H and O–H groups in total. The van der Waals surface area contributed by atoms with Crippen molar-refractivity contribution in [2.24, 2.45) is 17.7 Å². The van der Waals surface area contributed by atoms with Gasteiger partial charge in [0.05, 0.1) is 6.61 Å². The number of hydrazine groups is 1. The Kier molecular flexibility index (Phi) is 3.69. The van der Waals surface area contributed by atoms with E-state index in [1.54, 1.807) is 0 Å². The fourth-order valence-electron chi connectivity index (χ4n) is 1.18. The Labute approximate surface area is 78.8 Å². The van der Waals surface area contributed by atoms with Crippen LogP contribution in [0.4, 0.5) is 0 Å². The van der Waals surface area contributed by atoms with Gasteiger partial charge >= 0.3 is 0 Å². The standard InChI is InChI=1S/C9H18N2O2/c1-6(2)8(9(12)11-10)13-5-7-3-4-7/h6-8H,3-5,10H2,1-2H3,(H,11,12). The number of ether oxygens (including phenoxy) is 1. The fraction of sp³-hybridized carbons (Fsp3) is 0.889. The Hall–Kier alpha value is -0.610. The predicted octanol–water partition coefficient (Wildman–Crippen LogP) is 0.428. The summed E-state index contributed by atoms with van der Waals surface area (Å²) in [7, 11) is 0. The third-order valence-corrected chi connectivity index (χ3v) is 2.21. The van der Waals surface area contributed by atoms with Gasteiger partial charge in [0.15, 0.2) is 0 Å². The first kappa shape index (κ1) is 10.5. The molecule has 0 aliphatic heterocycles. The van der Waals surface area contributed by atoms with Crippen LogP contribution in [0.1, 0.15) is 26.7 Å². The van der Waals surface area contributed by atoms with E-state index < -0.39 is 6.10 Å². The van der Waals surface area contributed by atoms with E-state index in [4.69, 9.17) is 10.6 Å². The molecule has 13 heavy (non-hydrogen) atoms. The highest BCUT2D eigenvalue weighted by atomic mass is 16.5. The van der Waals surface area contributed by atoms with Crippen molar-refractivity contribution in [3.8, 4) is 0 Å². The normalized spacial score (nSPS) is 18.8. The van der Waals surface area contributed by atoms with Crippen LogP contribution in [0.3, 0.4) is 0 Å². The molecule has 0 saturated heterocycles. The first-order chi connectivity index (χ1) is 6.15. The summed E-state index contributed by atoms with van der Waals surface area (Å²) in [5, 5.41) is 0. The Morgan fingerprint density at radius 1 is 1.62 bits per heavy atom. The van der Waals surface area contributed by atoms with Crippen molar-refractivity contribution in [3.63, 3.8) is 0 Å². The van der Waals surface area contributed by atoms with E-state index in [2.05, 4.69) is 5.43 Å². The van der Waals surface area contributed by atoms with Crippen LogP contribution in [-0.2, 0) is 9.53 Å². The summed E-state index contributed by atoms with van der Waals surface area (Å²) in [6.45, 7) is 4.59. The van der Waals surface area contributed by atoms with Crippen LogP contribution in [0, 0.1) is 11.8 Å². The highest BCUT2D eigenvalue weighted by Crippen LogP contribution is 2.29. The van der Waals surface area contributed by atoms with Crippen LogP contribution >= 0.6 is 0 Å². The largest absolute Gasteiger partial charge is 0.368 e. The van der Waals surface area contributed by atoms with Crippen molar-refractivity contribution >= 4 is 5.91 Å². The molecule has 1 saturated carbocycles. The maximum atomic E-state index is 11.2. The number of nitrogens with two attached hydrogens (primary N) is 1. The van der Waals surface area contributed by atoms with Crippen molar-refractivity contribution < 1.29 is 9.53 Å². The van der Waals surface area contributed by atoms with Crippen LogP contribution in [0.5, 0.6) is 0 Å². The molecule has 0 heterocycles. The zero-order chi connectivity index (χ0) is 9.84. The lowest BCUT2D eigenvalue weighted by Gasteiger charge is -2.19. The number of rotatable bonds is 5. The summed E-state index contributed by atoms with van der Waals surface area (Å²) >= 11 is 0. The van der Waals surface area contributed by atoms with Gasteiger partial charge in [-0.2, -0.15) is 0 Å². The van der Waals surface area contributed by atoms with E-state index in [0.29, 0.717) is 12.5 Å². The third-order valence-electron chi connectivity index (χ3n) is 2.21. The van der Waals surface area contributed by atoms with Crippen molar-refractivity contribution in [2.45, 2.75) is 32.8 Å². The van der Waals surface area contributed by atoms with E-state index in [1.807, 2.05) is 13.8 Å². The Balaban J connectivity index is 2.31. The molecular formula is C9H18N2O2. The van der Waals surface area contributed by atoms with Crippen molar-refractivity contribution in [2.75, 3.05) is 6.61 Å². The van der Waals surface area contributed by atoms with E-state index in [1.165, 1.54) is 12.8 Å². The molecule has 0 aromatic heterocycles. The minimum atomic E-state index is -0.398. The number of amides is 1. The van der Waals surface area contributed by atoms with E-state index in [-0.39, 0.29) is 11.8 Å². The summed E-state index contributed by atoms with van der Waals surface area (Å²) in [4.78, 5) is 11.2. The Bertz CT molecular complexity index is 178. The molecule has 0 bridgehead atoms. The number of hydrogen-bond acceptors (Lipinski definition) is 3. The van der Waals surface area contributed by atoms with Crippen molar-refractivity contribution in [1.29, 1.82) is 0 Å². The smallest absolute Gasteiger partial charge is 0.263 e. The second-order valence-electron chi connectivity index (χ2n) is 3.95. The van der Waals surface area contributed by atoms with E-state index in [9.17, 15) is 4.79 Å². The number of nitrogens with one attached hydrogen (secondary N) is 1. The molecule has 1 atom stereocenters. The minimum absolute atomic E-state index is 0.169. The lowest BCUT2D eigenvalue weighted by atomic mass is 10.1. The first-order valence-electron chi connectivity index (χ1n) is 4.77. The van der Waals surface area contributed by atoms with Crippen molar-refractivity contribution in [3.05, 3.63) is 0 Å². The molecule has 1 aliphatic rings. The van der Waals surface area contributed by atoms with E-state index in [0.717, 1.165) is 0 Å². The summed E-state index contributed by atoms with van der Waals surface area (Å²) < 4.78 is 5.49. The minimum Gasteiger partial charge on any atom is -0.368 e. The van der Waals surface area contributed by atoms with Gasteiger partial charge in [0.25, 0.3) is 5.91 Å². The molecule has 1 unspecified atom stereocenters. The summed E-state index contributed by atoms with van der Waals surface area (Å²) in [5.41, 5.74) is 2.13. The maximum Gasteiger partial charge on any atom is 0.263 e. The molecule has 1 fully saturated rings. The van der Waals surface area contributed by atoms with Gasteiger partial charge in [-0.3, -0.25) is 10.2 Å². The fourth-order valence-corrected chi connectivity index (χ4v) is 1.18. The maximum absolute atomic E-state index is 11.2. The van der Waals surface area contributed by atoms with Gasteiger partial charge in [-0.05, 0) is 24.7 Å². The van der Waals surface area contributed by atoms with Gasteiger partial charge < -0.3 is 4.74 Å².